The van der Waals surface area contributed by atoms with Crippen LogP contribution in [0, 0.1) is 5.92 Å². The van der Waals surface area contributed by atoms with Gasteiger partial charge in [-0.1, -0.05) is 6.92 Å². The third kappa shape index (κ3) is 3.45. The van der Waals surface area contributed by atoms with Crippen molar-refractivity contribution >= 4 is 22.7 Å². The van der Waals surface area contributed by atoms with E-state index in [-0.39, 0.29) is 11.8 Å². The molecule has 3 N–H and O–H groups in total. The zero-order valence-electron chi connectivity index (χ0n) is 16.0. The van der Waals surface area contributed by atoms with E-state index in [0.29, 0.717) is 22.8 Å². The molecule has 1 aliphatic rings. The lowest BCUT2D eigenvalue weighted by molar-refractivity contribution is 0.0846. The molecule has 0 saturated carbocycles. The highest BCUT2D eigenvalue weighted by Crippen LogP contribution is 2.32. The monoisotopic (exact) mass is 377 g/mol. The molecule has 0 bridgehead atoms. The molecule has 3 aromatic rings. The summed E-state index contributed by atoms with van der Waals surface area (Å²) in [6.07, 6.45) is 3.25. The Morgan fingerprint density at radius 2 is 1.71 bits per heavy atom. The smallest absolute Gasteiger partial charge is 0.269 e. The van der Waals surface area contributed by atoms with E-state index in [9.17, 15) is 9.59 Å². The Kier molecular flexibility index (Phi) is 4.77. The van der Waals surface area contributed by atoms with Crippen LogP contribution in [0.2, 0.25) is 0 Å². The third-order valence-electron chi connectivity index (χ3n) is 5.34. The van der Waals surface area contributed by atoms with Crippen molar-refractivity contribution in [1.82, 2.24) is 15.8 Å². The maximum Gasteiger partial charge on any atom is 0.269 e. The number of benzene rings is 2. The molecule has 1 heterocycles. The lowest BCUT2D eigenvalue weighted by Gasteiger charge is -2.18. The molecule has 0 aliphatic heterocycles. The molecule has 0 saturated heterocycles. The normalized spacial score (nSPS) is 15.7. The summed E-state index contributed by atoms with van der Waals surface area (Å²) >= 11 is 0. The molecule has 1 aliphatic carbocycles. The molecule has 1 aromatic heterocycles. The van der Waals surface area contributed by atoms with Gasteiger partial charge in [0.2, 0.25) is 0 Å². The molecule has 0 fully saturated rings. The van der Waals surface area contributed by atoms with E-state index in [1.807, 2.05) is 12.1 Å². The van der Waals surface area contributed by atoms with Gasteiger partial charge in [0, 0.05) is 27.7 Å². The van der Waals surface area contributed by atoms with Gasteiger partial charge in [-0.15, -0.1) is 0 Å². The van der Waals surface area contributed by atoms with Crippen LogP contribution >= 0.6 is 0 Å². The van der Waals surface area contributed by atoms with Crippen LogP contribution in [0.4, 0.5) is 0 Å². The Bertz CT molecular complexity index is 1040. The molecule has 1 atom stereocenters. The fraction of sp³-hybridized carbons (Fsp3) is 0.273. The van der Waals surface area contributed by atoms with Gasteiger partial charge in [-0.3, -0.25) is 20.4 Å². The summed E-state index contributed by atoms with van der Waals surface area (Å²) in [5, 5.41) is 1.09. The first kappa shape index (κ1) is 18.1. The number of hydrogen-bond acceptors (Lipinski definition) is 3. The van der Waals surface area contributed by atoms with Crippen molar-refractivity contribution in [2.45, 2.75) is 26.2 Å². The van der Waals surface area contributed by atoms with E-state index in [1.54, 1.807) is 37.4 Å². The zero-order chi connectivity index (χ0) is 19.7. The van der Waals surface area contributed by atoms with Crippen LogP contribution in [-0.2, 0) is 12.8 Å². The summed E-state index contributed by atoms with van der Waals surface area (Å²) < 4.78 is 5.08. The number of amides is 2. The van der Waals surface area contributed by atoms with Gasteiger partial charge in [-0.2, -0.15) is 0 Å². The van der Waals surface area contributed by atoms with Crippen molar-refractivity contribution in [2.24, 2.45) is 5.92 Å². The van der Waals surface area contributed by atoms with Crippen molar-refractivity contribution in [3.8, 4) is 5.75 Å². The number of methoxy groups -OCH3 is 1. The number of carbonyl (C=O) groups is 2. The maximum atomic E-state index is 12.5. The molecular weight excluding hydrogens is 354 g/mol. The Hall–Kier alpha value is -3.28. The largest absolute Gasteiger partial charge is 0.497 e. The topological polar surface area (TPSA) is 83.2 Å². The van der Waals surface area contributed by atoms with Gasteiger partial charge in [0.1, 0.15) is 5.75 Å². The maximum absolute atomic E-state index is 12.5. The van der Waals surface area contributed by atoms with Crippen molar-refractivity contribution in [3.63, 3.8) is 0 Å². The van der Waals surface area contributed by atoms with Gasteiger partial charge in [-0.25, -0.2) is 0 Å². The fourth-order valence-electron chi connectivity index (χ4n) is 3.73. The molecule has 6 nitrogen and oxygen atoms in total. The number of hydrazine groups is 1. The lowest BCUT2D eigenvalue weighted by atomic mass is 9.87. The van der Waals surface area contributed by atoms with Crippen molar-refractivity contribution in [2.75, 3.05) is 7.11 Å². The standard InChI is InChI=1S/C22H23N3O3/c1-13-3-9-19-17(11-13)18-12-15(6-10-20(18)23-19)22(27)25-24-21(26)14-4-7-16(28-2)8-5-14/h4-8,10,12-13,23H,3,9,11H2,1-2H3,(H,24,26)(H,25,27)/t13-/m1/s1. The highest BCUT2D eigenvalue weighted by molar-refractivity contribution is 6.01. The quantitative estimate of drug-likeness (QED) is 0.612. The van der Waals surface area contributed by atoms with E-state index in [4.69, 9.17) is 4.74 Å². The number of fused-ring (bicyclic) bond motifs is 3. The number of hydrogen-bond donors (Lipinski definition) is 3. The molecular formula is C22H23N3O3. The number of carbonyl (C=O) groups excluding carboxylic acids is 2. The van der Waals surface area contributed by atoms with E-state index < -0.39 is 0 Å². The van der Waals surface area contributed by atoms with Crippen molar-refractivity contribution in [3.05, 3.63) is 64.8 Å². The lowest BCUT2D eigenvalue weighted by Crippen LogP contribution is -2.41. The summed E-state index contributed by atoms with van der Waals surface area (Å²) in [4.78, 5) is 28.2. The van der Waals surface area contributed by atoms with Gasteiger partial charge in [0.15, 0.2) is 0 Å². The second kappa shape index (κ2) is 7.38. The molecule has 2 aromatic carbocycles. The SMILES string of the molecule is COc1ccc(C(=O)NNC(=O)c2ccc3[nH]c4c(c3c2)C[C@H](C)CC4)cc1. The second-order valence-electron chi connectivity index (χ2n) is 7.33. The molecule has 144 valence electrons. The minimum absolute atomic E-state index is 0.345. The molecule has 0 unspecified atom stereocenters. The average molecular weight is 377 g/mol. The van der Waals surface area contributed by atoms with Crippen LogP contribution in [0.3, 0.4) is 0 Å². The zero-order valence-corrected chi connectivity index (χ0v) is 16.0. The minimum Gasteiger partial charge on any atom is -0.497 e. The molecule has 0 radical (unpaired) electrons. The van der Waals surface area contributed by atoms with E-state index in [2.05, 4.69) is 22.8 Å². The summed E-state index contributed by atoms with van der Waals surface area (Å²) in [5.41, 5.74) is 9.54. The van der Waals surface area contributed by atoms with Crippen LogP contribution in [0.15, 0.2) is 42.5 Å². The highest BCUT2D eigenvalue weighted by Gasteiger charge is 2.20. The molecule has 0 spiro atoms. The van der Waals surface area contributed by atoms with Gasteiger partial charge in [0.05, 0.1) is 7.11 Å². The van der Waals surface area contributed by atoms with Crippen molar-refractivity contribution < 1.29 is 14.3 Å². The van der Waals surface area contributed by atoms with Gasteiger partial charge >= 0.3 is 0 Å². The number of ether oxygens (including phenoxy) is 1. The van der Waals surface area contributed by atoms with Crippen molar-refractivity contribution in [1.29, 1.82) is 0 Å². The summed E-state index contributed by atoms with van der Waals surface area (Å²) in [6.45, 7) is 2.26. The fourth-order valence-corrected chi connectivity index (χ4v) is 3.73. The first-order valence-electron chi connectivity index (χ1n) is 9.43. The average Bonchev–Trinajstić information content (AvgIpc) is 3.08. The first-order valence-corrected chi connectivity index (χ1v) is 9.43. The van der Waals surface area contributed by atoms with Gasteiger partial charge < -0.3 is 9.72 Å². The van der Waals surface area contributed by atoms with E-state index in [0.717, 1.165) is 23.7 Å². The van der Waals surface area contributed by atoms with Gasteiger partial charge in [-0.05, 0) is 73.2 Å². The number of aromatic amines is 1. The molecule has 6 heteroatoms. The number of aromatic nitrogens is 1. The van der Waals surface area contributed by atoms with Crippen LogP contribution < -0.4 is 15.6 Å². The Balaban J connectivity index is 1.47. The highest BCUT2D eigenvalue weighted by atomic mass is 16.5. The van der Waals surface area contributed by atoms with E-state index >= 15 is 0 Å². The summed E-state index contributed by atoms with van der Waals surface area (Å²) in [6, 6.07) is 12.3. The predicted octanol–water partition coefficient (Wildman–Crippen LogP) is 3.38. The second-order valence-corrected chi connectivity index (χ2v) is 7.33. The summed E-state index contributed by atoms with van der Waals surface area (Å²) in [7, 11) is 1.56. The number of H-pyrrole nitrogens is 1. The van der Waals surface area contributed by atoms with Crippen LogP contribution in [-0.4, -0.2) is 23.9 Å². The van der Waals surface area contributed by atoms with Crippen LogP contribution in [0.5, 0.6) is 5.75 Å². The van der Waals surface area contributed by atoms with Crippen LogP contribution in [0.25, 0.3) is 10.9 Å². The van der Waals surface area contributed by atoms with Crippen LogP contribution in [0.1, 0.15) is 45.3 Å². The van der Waals surface area contributed by atoms with Gasteiger partial charge in [0.25, 0.3) is 11.8 Å². The number of nitrogens with one attached hydrogen (secondary N) is 3. The third-order valence-corrected chi connectivity index (χ3v) is 5.34. The molecule has 2 amide bonds. The number of aryl methyl sites for hydroxylation is 1. The minimum atomic E-state index is -0.384. The first-order chi connectivity index (χ1) is 13.5. The Labute approximate surface area is 163 Å². The molecule has 4 rings (SSSR count). The summed E-state index contributed by atoms with van der Waals surface area (Å²) in [5.74, 6) is 0.582. The molecule has 28 heavy (non-hydrogen) atoms. The van der Waals surface area contributed by atoms with E-state index in [1.165, 1.54) is 17.7 Å². The Morgan fingerprint density at radius 3 is 2.43 bits per heavy atom. The Morgan fingerprint density at radius 1 is 1.04 bits per heavy atom. The predicted molar refractivity (Wildman–Crippen MR) is 107 cm³/mol. The number of rotatable bonds is 3.